The number of guanidine groups is 1. The minimum Gasteiger partial charge on any atom is -0.357 e. The van der Waals surface area contributed by atoms with Crippen LogP contribution in [0, 0.1) is 5.92 Å². The first-order valence-corrected chi connectivity index (χ1v) is 8.39. The molecule has 1 aromatic heterocycles. The summed E-state index contributed by atoms with van der Waals surface area (Å²) in [4.78, 5) is 8.38. The van der Waals surface area contributed by atoms with E-state index in [1.165, 1.54) is 30.8 Å². The third-order valence-corrected chi connectivity index (χ3v) is 4.46. The maximum atomic E-state index is 4.65. The summed E-state index contributed by atoms with van der Waals surface area (Å²) < 4.78 is 0. The van der Waals surface area contributed by atoms with Crippen LogP contribution in [0.4, 0.5) is 0 Å². The van der Waals surface area contributed by atoms with Gasteiger partial charge in [0.15, 0.2) is 5.96 Å². The van der Waals surface area contributed by atoms with Crippen LogP contribution in [0.2, 0.25) is 0 Å². The van der Waals surface area contributed by atoms with Crippen molar-refractivity contribution in [3.63, 3.8) is 0 Å². The van der Waals surface area contributed by atoms with Crippen LogP contribution in [0.25, 0.3) is 0 Å². The van der Waals surface area contributed by atoms with Gasteiger partial charge in [0.05, 0.1) is 6.54 Å². The van der Waals surface area contributed by atoms with Crippen molar-refractivity contribution in [1.82, 2.24) is 15.5 Å². The van der Waals surface area contributed by atoms with E-state index in [0.29, 0.717) is 0 Å². The maximum absolute atomic E-state index is 4.65. The minimum atomic E-state index is 0. The third kappa shape index (κ3) is 6.97. The molecule has 4 nitrogen and oxygen atoms in total. The largest absolute Gasteiger partial charge is 0.357 e. The number of thiophene rings is 1. The zero-order chi connectivity index (χ0) is 14.2. The monoisotopic (exact) mass is 422 g/mol. The summed E-state index contributed by atoms with van der Waals surface area (Å²) in [5.41, 5.74) is 0. The second-order valence-electron chi connectivity index (χ2n) is 5.43. The standard InChI is InChI=1S/C15H26N4S.HI/c1-3-16-15(18-11-14-7-5-9-20-14)17-10-13-6-4-8-19(2)12-13;/h5,7,9,13H,3-4,6,8,10-12H2,1-2H3,(H2,16,17,18);1H. The van der Waals surface area contributed by atoms with Gasteiger partial charge < -0.3 is 15.5 Å². The van der Waals surface area contributed by atoms with Gasteiger partial charge in [0.2, 0.25) is 0 Å². The fraction of sp³-hybridized carbons (Fsp3) is 0.667. The van der Waals surface area contributed by atoms with Gasteiger partial charge in [-0.05, 0) is 50.7 Å². The Kier molecular flexibility index (Phi) is 9.26. The summed E-state index contributed by atoms with van der Waals surface area (Å²) in [5, 5.41) is 8.92. The molecule has 0 aliphatic carbocycles. The Morgan fingerprint density at radius 2 is 2.33 bits per heavy atom. The predicted molar refractivity (Wildman–Crippen MR) is 103 cm³/mol. The van der Waals surface area contributed by atoms with Crippen LogP contribution in [0.1, 0.15) is 24.6 Å². The SMILES string of the molecule is CCNC(=NCc1cccs1)NCC1CCCN(C)C1.I. The molecular weight excluding hydrogens is 395 g/mol. The van der Waals surface area contributed by atoms with Gasteiger partial charge in [0, 0.05) is 24.5 Å². The number of aliphatic imine (C=N–C) groups is 1. The normalized spacial score (nSPS) is 19.9. The van der Waals surface area contributed by atoms with Crippen LogP contribution in [-0.4, -0.2) is 44.1 Å². The zero-order valence-electron chi connectivity index (χ0n) is 13.0. The molecule has 1 aromatic rings. The van der Waals surface area contributed by atoms with Crippen molar-refractivity contribution < 1.29 is 0 Å². The van der Waals surface area contributed by atoms with Gasteiger partial charge in [-0.3, -0.25) is 0 Å². The van der Waals surface area contributed by atoms with Gasteiger partial charge in [0.1, 0.15) is 0 Å². The van der Waals surface area contributed by atoms with Gasteiger partial charge in [-0.25, -0.2) is 4.99 Å². The lowest BCUT2D eigenvalue weighted by molar-refractivity contribution is 0.210. The Morgan fingerprint density at radius 1 is 1.48 bits per heavy atom. The molecule has 21 heavy (non-hydrogen) atoms. The van der Waals surface area contributed by atoms with Crippen molar-refractivity contribution in [2.75, 3.05) is 33.2 Å². The number of nitrogens with one attached hydrogen (secondary N) is 2. The summed E-state index contributed by atoms with van der Waals surface area (Å²) >= 11 is 1.76. The van der Waals surface area contributed by atoms with E-state index >= 15 is 0 Å². The van der Waals surface area contributed by atoms with E-state index in [9.17, 15) is 0 Å². The molecule has 1 unspecified atom stereocenters. The Labute approximate surface area is 149 Å². The fourth-order valence-electron chi connectivity index (χ4n) is 2.58. The molecule has 120 valence electrons. The molecule has 1 aliphatic rings. The molecule has 0 amide bonds. The molecule has 2 heterocycles. The second kappa shape index (κ2) is 10.4. The lowest BCUT2D eigenvalue weighted by atomic mass is 9.99. The number of rotatable bonds is 5. The molecule has 0 aromatic carbocycles. The van der Waals surface area contributed by atoms with Crippen LogP contribution >= 0.6 is 35.3 Å². The molecule has 6 heteroatoms. The number of hydrogen-bond acceptors (Lipinski definition) is 3. The number of hydrogen-bond donors (Lipinski definition) is 2. The first-order valence-electron chi connectivity index (χ1n) is 7.51. The van der Waals surface area contributed by atoms with E-state index in [2.05, 4.69) is 52.0 Å². The fourth-order valence-corrected chi connectivity index (χ4v) is 3.21. The smallest absolute Gasteiger partial charge is 0.191 e. The zero-order valence-corrected chi connectivity index (χ0v) is 16.1. The number of nitrogens with zero attached hydrogens (tertiary/aromatic N) is 2. The van der Waals surface area contributed by atoms with Gasteiger partial charge in [-0.1, -0.05) is 6.07 Å². The molecule has 0 spiro atoms. The summed E-state index contributed by atoms with van der Waals surface area (Å²) in [6, 6.07) is 4.21. The van der Waals surface area contributed by atoms with Crippen LogP contribution in [0.15, 0.2) is 22.5 Å². The summed E-state index contributed by atoms with van der Waals surface area (Å²) in [5.74, 6) is 1.67. The lowest BCUT2D eigenvalue weighted by Gasteiger charge is -2.30. The van der Waals surface area contributed by atoms with Gasteiger partial charge in [-0.2, -0.15) is 0 Å². The molecule has 1 aliphatic heterocycles. The summed E-state index contributed by atoms with van der Waals surface area (Å²) in [6.45, 7) is 7.22. The Bertz CT molecular complexity index is 408. The Morgan fingerprint density at radius 3 is 3.00 bits per heavy atom. The molecule has 0 saturated carbocycles. The molecule has 0 radical (unpaired) electrons. The summed E-state index contributed by atoms with van der Waals surface area (Å²) in [6.07, 6.45) is 2.63. The van der Waals surface area contributed by atoms with Crippen molar-refractivity contribution in [1.29, 1.82) is 0 Å². The highest BCUT2D eigenvalue weighted by molar-refractivity contribution is 14.0. The van der Waals surface area contributed by atoms with E-state index in [1.807, 2.05) is 0 Å². The van der Waals surface area contributed by atoms with Gasteiger partial charge >= 0.3 is 0 Å². The van der Waals surface area contributed by atoms with Crippen LogP contribution in [-0.2, 0) is 6.54 Å². The average Bonchev–Trinajstić information content (AvgIpc) is 2.95. The minimum absolute atomic E-state index is 0. The van der Waals surface area contributed by atoms with Crippen molar-refractivity contribution in [2.24, 2.45) is 10.9 Å². The van der Waals surface area contributed by atoms with Crippen LogP contribution < -0.4 is 10.6 Å². The summed E-state index contributed by atoms with van der Waals surface area (Å²) in [7, 11) is 2.21. The molecule has 1 fully saturated rings. The van der Waals surface area contributed by atoms with E-state index in [1.54, 1.807) is 11.3 Å². The van der Waals surface area contributed by atoms with Crippen molar-refractivity contribution in [3.8, 4) is 0 Å². The van der Waals surface area contributed by atoms with Crippen molar-refractivity contribution in [3.05, 3.63) is 22.4 Å². The van der Waals surface area contributed by atoms with Crippen LogP contribution in [0.3, 0.4) is 0 Å². The highest BCUT2D eigenvalue weighted by atomic mass is 127. The highest BCUT2D eigenvalue weighted by Gasteiger charge is 2.17. The van der Waals surface area contributed by atoms with E-state index in [-0.39, 0.29) is 24.0 Å². The second-order valence-corrected chi connectivity index (χ2v) is 6.46. The first-order chi connectivity index (χ1) is 9.78. The van der Waals surface area contributed by atoms with Crippen molar-refractivity contribution >= 4 is 41.3 Å². The quantitative estimate of drug-likeness (QED) is 0.436. The van der Waals surface area contributed by atoms with Gasteiger partial charge in [0.25, 0.3) is 0 Å². The Balaban J connectivity index is 0.00000220. The lowest BCUT2D eigenvalue weighted by Crippen LogP contribution is -2.43. The van der Waals surface area contributed by atoms with Crippen LogP contribution in [0.5, 0.6) is 0 Å². The van der Waals surface area contributed by atoms with E-state index in [0.717, 1.165) is 31.5 Å². The number of piperidine rings is 1. The topological polar surface area (TPSA) is 39.7 Å². The highest BCUT2D eigenvalue weighted by Crippen LogP contribution is 2.14. The maximum Gasteiger partial charge on any atom is 0.191 e. The molecule has 1 atom stereocenters. The predicted octanol–water partition coefficient (Wildman–Crippen LogP) is 2.76. The molecular formula is C15H27IN4S. The Hall–Kier alpha value is -0.340. The third-order valence-electron chi connectivity index (χ3n) is 3.60. The van der Waals surface area contributed by atoms with E-state index in [4.69, 9.17) is 0 Å². The number of likely N-dealkylation sites (tertiary alicyclic amines) is 1. The van der Waals surface area contributed by atoms with Crippen molar-refractivity contribution in [2.45, 2.75) is 26.3 Å². The molecule has 1 saturated heterocycles. The van der Waals surface area contributed by atoms with E-state index < -0.39 is 0 Å². The molecule has 2 rings (SSSR count). The molecule has 0 bridgehead atoms. The number of halogens is 1. The first kappa shape index (κ1) is 18.7. The van der Waals surface area contributed by atoms with Gasteiger partial charge in [-0.15, -0.1) is 35.3 Å². The average molecular weight is 422 g/mol. The molecule has 2 N–H and O–H groups in total.